The van der Waals surface area contributed by atoms with Gasteiger partial charge in [-0.2, -0.15) is 5.10 Å². The van der Waals surface area contributed by atoms with Crippen LogP contribution in [0.1, 0.15) is 23.1 Å². The van der Waals surface area contributed by atoms with Crippen LogP contribution in [-0.2, 0) is 4.79 Å². The van der Waals surface area contributed by atoms with E-state index in [1.165, 1.54) is 0 Å². The second-order valence-electron chi connectivity index (χ2n) is 5.66. The number of nitrogens with zero attached hydrogens (tertiary/aromatic N) is 2. The van der Waals surface area contributed by atoms with Gasteiger partial charge in [-0.1, -0.05) is 42.5 Å². The number of aliphatic hydroxyl groups is 1. The van der Waals surface area contributed by atoms with Crippen LogP contribution in [-0.4, -0.2) is 20.8 Å². The molecule has 2 N–H and O–H groups in total. The quantitative estimate of drug-likeness (QED) is 0.775. The number of benzene rings is 2. The Morgan fingerprint density at radius 3 is 2.42 bits per heavy atom. The molecule has 122 valence electrons. The van der Waals surface area contributed by atoms with Crippen molar-refractivity contribution in [2.24, 2.45) is 0 Å². The lowest BCUT2D eigenvalue weighted by Crippen LogP contribution is -2.21. The molecule has 0 fully saturated rings. The molecular weight excluding hydrogens is 302 g/mol. The van der Waals surface area contributed by atoms with Crippen molar-refractivity contribution in [3.05, 3.63) is 77.6 Å². The monoisotopic (exact) mass is 321 g/mol. The number of para-hydroxylation sites is 2. The summed E-state index contributed by atoms with van der Waals surface area (Å²) in [5.74, 6) is -0.477. The molecule has 3 rings (SSSR count). The molecular formula is C19H19N3O2. The molecule has 1 aromatic heterocycles. The molecule has 0 bridgehead atoms. The Bertz CT molecular complexity index is 856. The fourth-order valence-electron chi connectivity index (χ4n) is 2.62. The number of aromatic nitrogens is 2. The number of amides is 1. The van der Waals surface area contributed by atoms with E-state index in [2.05, 4.69) is 10.4 Å². The lowest BCUT2D eigenvalue weighted by Gasteiger charge is -2.15. The molecule has 0 radical (unpaired) electrons. The number of nitrogens with one attached hydrogen (secondary N) is 1. The number of rotatable bonds is 4. The largest absolute Gasteiger partial charge is 0.378 e. The third kappa shape index (κ3) is 3.21. The topological polar surface area (TPSA) is 67.2 Å². The van der Waals surface area contributed by atoms with E-state index in [9.17, 15) is 9.90 Å². The van der Waals surface area contributed by atoms with Crippen LogP contribution in [0.5, 0.6) is 0 Å². The van der Waals surface area contributed by atoms with E-state index in [1.807, 2.05) is 44.2 Å². The number of carbonyl (C=O) groups is 1. The molecule has 0 saturated heterocycles. The summed E-state index contributed by atoms with van der Waals surface area (Å²) in [4.78, 5) is 12.4. The van der Waals surface area contributed by atoms with Crippen molar-refractivity contribution in [1.82, 2.24) is 9.78 Å². The van der Waals surface area contributed by atoms with Gasteiger partial charge in [-0.25, -0.2) is 4.68 Å². The van der Waals surface area contributed by atoms with Gasteiger partial charge in [0.05, 0.1) is 17.1 Å². The minimum atomic E-state index is -1.22. The van der Waals surface area contributed by atoms with Gasteiger partial charge < -0.3 is 10.4 Å². The highest BCUT2D eigenvalue weighted by atomic mass is 16.3. The first-order valence-electron chi connectivity index (χ1n) is 7.73. The Labute approximate surface area is 140 Å². The van der Waals surface area contributed by atoms with Gasteiger partial charge in [-0.3, -0.25) is 4.79 Å². The molecule has 24 heavy (non-hydrogen) atoms. The van der Waals surface area contributed by atoms with E-state index >= 15 is 0 Å². The summed E-state index contributed by atoms with van der Waals surface area (Å²) in [5.41, 5.74) is 3.79. The van der Waals surface area contributed by atoms with E-state index < -0.39 is 12.0 Å². The fourth-order valence-corrected chi connectivity index (χ4v) is 2.62. The van der Waals surface area contributed by atoms with Gasteiger partial charge in [0.1, 0.15) is 0 Å². The van der Waals surface area contributed by atoms with Crippen LogP contribution in [0.3, 0.4) is 0 Å². The van der Waals surface area contributed by atoms with Gasteiger partial charge in [0, 0.05) is 5.69 Å². The predicted molar refractivity (Wildman–Crippen MR) is 93.1 cm³/mol. The molecule has 0 aliphatic carbocycles. The van der Waals surface area contributed by atoms with E-state index in [-0.39, 0.29) is 0 Å². The lowest BCUT2D eigenvalue weighted by molar-refractivity contribution is -0.124. The zero-order valence-electron chi connectivity index (χ0n) is 13.6. The number of hydrogen-bond acceptors (Lipinski definition) is 3. The van der Waals surface area contributed by atoms with E-state index in [4.69, 9.17) is 0 Å². The maximum atomic E-state index is 12.4. The summed E-state index contributed by atoms with van der Waals surface area (Å²) < 4.78 is 1.78. The van der Waals surface area contributed by atoms with Crippen molar-refractivity contribution in [3.8, 4) is 5.69 Å². The number of aliphatic hydroxyl groups excluding tert-OH is 1. The highest BCUT2D eigenvalue weighted by molar-refractivity contribution is 5.96. The first-order valence-corrected chi connectivity index (χ1v) is 7.73. The van der Waals surface area contributed by atoms with Gasteiger partial charge in [0.25, 0.3) is 5.91 Å². The van der Waals surface area contributed by atoms with Crippen molar-refractivity contribution in [2.75, 3.05) is 5.32 Å². The molecule has 1 unspecified atom stereocenters. The smallest absolute Gasteiger partial charge is 0.257 e. The normalized spacial score (nSPS) is 12.0. The number of anilines is 1. The maximum Gasteiger partial charge on any atom is 0.257 e. The lowest BCUT2D eigenvalue weighted by atomic mass is 10.1. The Kier molecular flexibility index (Phi) is 4.44. The molecule has 0 saturated carbocycles. The second kappa shape index (κ2) is 6.68. The number of hydrogen-bond donors (Lipinski definition) is 2. The summed E-state index contributed by atoms with van der Waals surface area (Å²) in [5, 5.41) is 17.5. The van der Waals surface area contributed by atoms with Gasteiger partial charge in [0.15, 0.2) is 6.10 Å². The van der Waals surface area contributed by atoms with Crippen LogP contribution in [0.25, 0.3) is 5.69 Å². The van der Waals surface area contributed by atoms with Crippen molar-refractivity contribution in [2.45, 2.75) is 20.0 Å². The molecule has 0 spiro atoms. The summed E-state index contributed by atoms with van der Waals surface area (Å²) in [7, 11) is 0. The third-order valence-electron chi connectivity index (χ3n) is 3.76. The van der Waals surface area contributed by atoms with Crippen LogP contribution >= 0.6 is 0 Å². The molecule has 5 heteroatoms. The zero-order valence-corrected chi connectivity index (χ0v) is 13.6. The van der Waals surface area contributed by atoms with E-state index in [1.54, 1.807) is 35.0 Å². The standard InChI is InChI=1S/C19H19N3O2/c1-13-12-14(2)22(21-13)17-11-7-6-10-16(17)20-19(24)18(23)15-8-4-3-5-9-15/h3-12,18,23H,1-2H3,(H,20,24). The van der Waals surface area contributed by atoms with Gasteiger partial charge in [-0.05, 0) is 37.6 Å². The minimum Gasteiger partial charge on any atom is -0.378 e. The summed E-state index contributed by atoms with van der Waals surface area (Å²) in [6.07, 6.45) is -1.22. The van der Waals surface area contributed by atoms with Crippen LogP contribution in [0.4, 0.5) is 5.69 Å². The van der Waals surface area contributed by atoms with Crippen LogP contribution in [0.15, 0.2) is 60.7 Å². The van der Waals surface area contributed by atoms with Gasteiger partial charge in [0.2, 0.25) is 0 Å². The summed E-state index contributed by atoms with van der Waals surface area (Å²) in [6.45, 7) is 3.88. The highest BCUT2D eigenvalue weighted by Crippen LogP contribution is 2.23. The average molecular weight is 321 g/mol. The molecule has 1 atom stereocenters. The first kappa shape index (κ1) is 16.0. The Morgan fingerprint density at radius 2 is 1.75 bits per heavy atom. The molecule has 5 nitrogen and oxygen atoms in total. The fraction of sp³-hybridized carbons (Fsp3) is 0.158. The predicted octanol–water partition coefficient (Wildman–Crippen LogP) is 3.16. The van der Waals surface area contributed by atoms with Crippen LogP contribution in [0, 0.1) is 13.8 Å². The zero-order chi connectivity index (χ0) is 17.1. The second-order valence-corrected chi connectivity index (χ2v) is 5.66. The Hall–Kier alpha value is -2.92. The third-order valence-corrected chi connectivity index (χ3v) is 3.76. The van der Waals surface area contributed by atoms with E-state index in [0.29, 0.717) is 11.3 Å². The first-order chi connectivity index (χ1) is 11.6. The van der Waals surface area contributed by atoms with Crippen molar-refractivity contribution in [3.63, 3.8) is 0 Å². The van der Waals surface area contributed by atoms with Crippen molar-refractivity contribution >= 4 is 11.6 Å². The SMILES string of the molecule is Cc1cc(C)n(-c2ccccc2NC(=O)C(O)c2ccccc2)n1. The Balaban J connectivity index is 1.88. The minimum absolute atomic E-state index is 0.477. The molecule has 0 aliphatic rings. The molecule has 1 heterocycles. The van der Waals surface area contributed by atoms with E-state index in [0.717, 1.165) is 17.1 Å². The maximum absolute atomic E-state index is 12.4. The van der Waals surface area contributed by atoms with Crippen LogP contribution < -0.4 is 5.32 Å². The van der Waals surface area contributed by atoms with Crippen molar-refractivity contribution in [1.29, 1.82) is 0 Å². The molecule has 0 aliphatic heterocycles. The van der Waals surface area contributed by atoms with Crippen molar-refractivity contribution < 1.29 is 9.90 Å². The van der Waals surface area contributed by atoms with Gasteiger partial charge in [-0.15, -0.1) is 0 Å². The molecule has 1 amide bonds. The molecule has 2 aromatic carbocycles. The average Bonchev–Trinajstić information content (AvgIpc) is 2.93. The number of carbonyl (C=O) groups excluding carboxylic acids is 1. The highest BCUT2D eigenvalue weighted by Gasteiger charge is 2.19. The summed E-state index contributed by atoms with van der Waals surface area (Å²) >= 11 is 0. The summed E-state index contributed by atoms with van der Waals surface area (Å²) in [6, 6.07) is 18.2. The number of aryl methyl sites for hydroxylation is 2. The Morgan fingerprint density at radius 1 is 1.08 bits per heavy atom. The van der Waals surface area contributed by atoms with Crippen LogP contribution in [0.2, 0.25) is 0 Å². The van der Waals surface area contributed by atoms with Gasteiger partial charge >= 0.3 is 0 Å². The molecule has 3 aromatic rings.